The predicted molar refractivity (Wildman–Crippen MR) is 163 cm³/mol. The molecule has 39 heavy (non-hydrogen) atoms. The SMILES string of the molecule is CCOP(=O)(O[C@H]1CC[C@@]2(C)C(CC[C@H]3[C@@H]4CC[C@H]([C@H](C)CCCC(C)C)[C@@]4(C)CC[C@@H]32)C1)c1ccccc1. The van der Waals surface area contributed by atoms with Crippen LogP contribution in [-0.2, 0) is 13.6 Å². The van der Waals surface area contributed by atoms with Crippen molar-refractivity contribution >= 4 is 12.9 Å². The Kier molecular flexibility index (Phi) is 9.13. The summed E-state index contributed by atoms with van der Waals surface area (Å²) in [5.74, 6) is 6.01. The summed E-state index contributed by atoms with van der Waals surface area (Å²) in [6.45, 7) is 15.0. The van der Waals surface area contributed by atoms with Gasteiger partial charge in [-0.1, -0.05) is 72.1 Å². The van der Waals surface area contributed by atoms with Crippen molar-refractivity contribution in [1.29, 1.82) is 0 Å². The molecule has 10 atom stereocenters. The van der Waals surface area contributed by atoms with Crippen molar-refractivity contribution in [3.05, 3.63) is 30.3 Å². The fourth-order valence-electron chi connectivity index (χ4n) is 10.5. The molecule has 220 valence electrons. The van der Waals surface area contributed by atoms with Gasteiger partial charge in [-0.15, -0.1) is 0 Å². The van der Waals surface area contributed by atoms with Crippen molar-refractivity contribution in [3.63, 3.8) is 0 Å². The van der Waals surface area contributed by atoms with Crippen LogP contribution in [0.25, 0.3) is 0 Å². The van der Waals surface area contributed by atoms with Crippen LogP contribution in [0.1, 0.15) is 119 Å². The highest BCUT2D eigenvalue weighted by atomic mass is 31.2. The van der Waals surface area contributed by atoms with Crippen LogP contribution in [0.3, 0.4) is 0 Å². The van der Waals surface area contributed by atoms with E-state index >= 15 is 0 Å². The van der Waals surface area contributed by atoms with Crippen LogP contribution in [-0.4, -0.2) is 12.7 Å². The van der Waals surface area contributed by atoms with E-state index in [2.05, 4.69) is 34.6 Å². The normalized spacial score (nSPS) is 40.4. The van der Waals surface area contributed by atoms with E-state index in [4.69, 9.17) is 9.05 Å². The van der Waals surface area contributed by atoms with E-state index in [0.29, 0.717) is 28.7 Å². The minimum absolute atomic E-state index is 0.0358. The molecular formula is C35H57O3P. The van der Waals surface area contributed by atoms with Gasteiger partial charge in [-0.2, -0.15) is 0 Å². The van der Waals surface area contributed by atoms with E-state index in [1.807, 2.05) is 37.3 Å². The van der Waals surface area contributed by atoms with E-state index in [1.54, 1.807) is 0 Å². The first-order valence-corrected chi connectivity index (χ1v) is 18.1. The van der Waals surface area contributed by atoms with Crippen molar-refractivity contribution in [3.8, 4) is 0 Å². The van der Waals surface area contributed by atoms with E-state index < -0.39 is 7.60 Å². The second-order valence-electron chi connectivity index (χ2n) is 14.9. The molecule has 4 fully saturated rings. The summed E-state index contributed by atoms with van der Waals surface area (Å²) in [4.78, 5) is 0. The second-order valence-corrected chi connectivity index (χ2v) is 16.9. The molecule has 2 unspecified atom stereocenters. The topological polar surface area (TPSA) is 35.5 Å². The summed E-state index contributed by atoms with van der Waals surface area (Å²) in [7, 11) is -3.29. The van der Waals surface area contributed by atoms with Gasteiger partial charge >= 0.3 is 7.60 Å². The second kappa shape index (κ2) is 11.9. The maximum Gasteiger partial charge on any atom is 0.361 e. The number of fused-ring (bicyclic) bond motifs is 5. The molecule has 0 heterocycles. The Labute approximate surface area is 240 Å². The van der Waals surface area contributed by atoms with Crippen molar-refractivity contribution < 1.29 is 13.6 Å². The molecule has 1 aromatic rings. The van der Waals surface area contributed by atoms with Crippen molar-refractivity contribution in [2.75, 3.05) is 6.61 Å². The lowest BCUT2D eigenvalue weighted by Gasteiger charge is -2.61. The summed E-state index contributed by atoms with van der Waals surface area (Å²) < 4.78 is 26.1. The minimum Gasteiger partial charge on any atom is -0.305 e. The Balaban J connectivity index is 1.25. The van der Waals surface area contributed by atoms with Crippen LogP contribution in [0.4, 0.5) is 0 Å². The van der Waals surface area contributed by atoms with Gasteiger partial charge in [0.05, 0.1) is 18.0 Å². The van der Waals surface area contributed by atoms with Gasteiger partial charge in [-0.05, 0) is 129 Å². The van der Waals surface area contributed by atoms with Crippen LogP contribution >= 0.6 is 7.60 Å². The fourth-order valence-corrected chi connectivity index (χ4v) is 12.3. The fraction of sp³-hybridized carbons (Fsp3) is 0.829. The highest BCUT2D eigenvalue weighted by molar-refractivity contribution is 7.62. The molecule has 0 amide bonds. The summed E-state index contributed by atoms with van der Waals surface area (Å²) in [6.07, 6.45) is 16.0. The van der Waals surface area contributed by atoms with Gasteiger partial charge in [0, 0.05) is 0 Å². The molecule has 4 aliphatic carbocycles. The molecule has 1 aromatic carbocycles. The summed E-state index contributed by atoms with van der Waals surface area (Å²) in [5.41, 5.74) is 0.967. The third-order valence-electron chi connectivity index (χ3n) is 12.5. The Morgan fingerprint density at radius 3 is 2.33 bits per heavy atom. The lowest BCUT2D eigenvalue weighted by molar-refractivity contribution is -0.127. The Morgan fingerprint density at radius 1 is 0.897 bits per heavy atom. The summed E-state index contributed by atoms with van der Waals surface area (Å²) in [6, 6.07) is 9.61. The Morgan fingerprint density at radius 2 is 1.62 bits per heavy atom. The molecule has 4 aliphatic rings. The van der Waals surface area contributed by atoms with Gasteiger partial charge in [0.2, 0.25) is 0 Å². The molecule has 0 bridgehead atoms. The van der Waals surface area contributed by atoms with Crippen LogP contribution in [0.5, 0.6) is 0 Å². The monoisotopic (exact) mass is 556 g/mol. The first-order valence-electron chi connectivity index (χ1n) is 16.6. The highest BCUT2D eigenvalue weighted by Gasteiger charge is 2.60. The molecule has 0 radical (unpaired) electrons. The summed E-state index contributed by atoms with van der Waals surface area (Å²) >= 11 is 0. The zero-order valence-corrected chi connectivity index (χ0v) is 26.8. The van der Waals surface area contributed by atoms with Crippen LogP contribution in [0.15, 0.2) is 30.3 Å². The zero-order valence-electron chi connectivity index (χ0n) is 25.9. The molecule has 0 aromatic heterocycles. The third-order valence-corrected chi connectivity index (χ3v) is 14.6. The Bertz CT molecular complexity index is 993. The van der Waals surface area contributed by atoms with E-state index in [9.17, 15) is 4.57 Å². The van der Waals surface area contributed by atoms with Crippen LogP contribution in [0, 0.1) is 52.3 Å². The van der Waals surface area contributed by atoms with E-state index in [-0.39, 0.29) is 6.10 Å². The van der Waals surface area contributed by atoms with E-state index in [0.717, 1.165) is 48.3 Å². The molecule has 0 aliphatic heterocycles. The van der Waals surface area contributed by atoms with Gasteiger partial charge in [-0.25, -0.2) is 0 Å². The number of hydrogen-bond donors (Lipinski definition) is 0. The van der Waals surface area contributed by atoms with Gasteiger partial charge < -0.3 is 9.05 Å². The molecule has 0 spiro atoms. The quantitative estimate of drug-likeness (QED) is 0.269. The van der Waals surface area contributed by atoms with Gasteiger partial charge in [0.15, 0.2) is 0 Å². The highest BCUT2D eigenvalue weighted by Crippen LogP contribution is 2.69. The van der Waals surface area contributed by atoms with Gasteiger partial charge in [-0.3, -0.25) is 4.57 Å². The number of hydrogen-bond acceptors (Lipinski definition) is 3. The smallest absolute Gasteiger partial charge is 0.305 e. The van der Waals surface area contributed by atoms with E-state index in [1.165, 1.54) is 64.2 Å². The molecule has 4 heteroatoms. The van der Waals surface area contributed by atoms with Gasteiger partial charge in [0.25, 0.3) is 0 Å². The van der Waals surface area contributed by atoms with Crippen molar-refractivity contribution in [2.24, 2.45) is 52.3 Å². The van der Waals surface area contributed by atoms with Crippen molar-refractivity contribution in [1.82, 2.24) is 0 Å². The molecule has 0 saturated heterocycles. The molecule has 3 nitrogen and oxygen atoms in total. The maximum absolute atomic E-state index is 13.9. The first kappa shape index (κ1) is 29.8. The van der Waals surface area contributed by atoms with Crippen LogP contribution in [0.2, 0.25) is 0 Å². The van der Waals surface area contributed by atoms with Crippen molar-refractivity contribution in [2.45, 2.75) is 125 Å². The van der Waals surface area contributed by atoms with Gasteiger partial charge in [0.1, 0.15) is 0 Å². The largest absolute Gasteiger partial charge is 0.361 e. The number of benzene rings is 1. The number of rotatable bonds is 10. The third kappa shape index (κ3) is 5.72. The lowest BCUT2D eigenvalue weighted by atomic mass is 9.44. The average molecular weight is 557 g/mol. The molecule has 0 N–H and O–H groups in total. The average Bonchev–Trinajstić information content (AvgIpc) is 3.26. The zero-order chi connectivity index (χ0) is 27.8. The van der Waals surface area contributed by atoms with Crippen LogP contribution < -0.4 is 5.30 Å². The maximum atomic E-state index is 13.9. The first-order chi connectivity index (χ1) is 18.6. The lowest BCUT2D eigenvalue weighted by Crippen LogP contribution is -2.54. The summed E-state index contributed by atoms with van der Waals surface area (Å²) in [5, 5.41) is 0.699. The molecule has 5 rings (SSSR count). The minimum atomic E-state index is -3.29. The molecule has 4 saturated carbocycles. The standard InChI is InChI=1S/C35H57O3P/c1-7-37-39(36,29-14-9-8-10-15-29)38-28-20-22-34(5)27(24-28)16-17-30-32-19-18-31(26(4)13-11-12-25(2)3)35(32,6)23-21-33(30)34/h8-10,14-15,25-28,30-33H,7,11-13,16-24H2,1-6H3/t26-,27?,28+,30+,31-,32+,33+,34+,35-,39?/m1/s1. The molecular weight excluding hydrogens is 499 g/mol. The predicted octanol–water partition coefficient (Wildman–Crippen LogP) is 10.0. The Hall–Kier alpha value is -0.630.